The number of amides is 1. The van der Waals surface area contributed by atoms with E-state index in [2.05, 4.69) is 5.32 Å². The van der Waals surface area contributed by atoms with Crippen LogP contribution in [0, 0.1) is 20.8 Å². The van der Waals surface area contributed by atoms with Gasteiger partial charge >= 0.3 is 5.97 Å². The van der Waals surface area contributed by atoms with Gasteiger partial charge in [-0.2, -0.15) is 0 Å². The van der Waals surface area contributed by atoms with Crippen LogP contribution in [0.25, 0.3) is 11.0 Å². The minimum absolute atomic E-state index is 0.126. The van der Waals surface area contributed by atoms with E-state index in [0.29, 0.717) is 11.1 Å². The lowest BCUT2D eigenvalue weighted by molar-refractivity contribution is -0.119. The van der Waals surface area contributed by atoms with Crippen LogP contribution in [0.5, 0.6) is 0 Å². The van der Waals surface area contributed by atoms with Crippen LogP contribution in [0.15, 0.2) is 46.9 Å². The Hall–Kier alpha value is -3.08. The number of anilines is 1. The number of esters is 1. The zero-order valence-corrected chi connectivity index (χ0v) is 14.4. The van der Waals surface area contributed by atoms with Crippen molar-refractivity contribution < 1.29 is 18.7 Å². The zero-order chi connectivity index (χ0) is 18.0. The van der Waals surface area contributed by atoms with Crippen molar-refractivity contribution in [3.05, 3.63) is 64.9 Å². The van der Waals surface area contributed by atoms with Gasteiger partial charge in [-0.25, -0.2) is 4.79 Å². The van der Waals surface area contributed by atoms with Gasteiger partial charge in [0.2, 0.25) is 5.76 Å². The van der Waals surface area contributed by atoms with Gasteiger partial charge in [-0.3, -0.25) is 4.79 Å². The average molecular weight is 337 g/mol. The van der Waals surface area contributed by atoms with E-state index in [1.165, 1.54) is 0 Å². The third kappa shape index (κ3) is 3.40. The van der Waals surface area contributed by atoms with E-state index in [-0.39, 0.29) is 18.3 Å². The second-order valence-corrected chi connectivity index (χ2v) is 5.94. The van der Waals surface area contributed by atoms with Crippen LogP contribution in [0.1, 0.15) is 27.2 Å². The van der Waals surface area contributed by atoms with Crippen LogP contribution in [-0.4, -0.2) is 18.5 Å². The minimum atomic E-state index is -0.648. The van der Waals surface area contributed by atoms with Crippen LogP contribution in [-0.2, 0) is 9.53 Å². The Morgan fingerprint density at radius 2 is 1.68 bits per heavy atom. The van der Waals surface area contributed by atoms with E-state index < -0.39 is 5.97 Å². The van der Waals surface area contributed by atoms with Crippen LogP contribution < -0.4 is 5.32 Å². The lowest BCUT2D eigenvalue weighted by Gasteiger charge is -2.11. The molecule has 1 N–H and O–H groups in total. The first-order chi connectivity index (χ1) is 12.0. The Morgan fingerprint density at radius 1 is 1.00 bits per heavy atom. The number of benzene rings is 2. The fourth-order valence-corrected chi connectivity index (χ4v) is 2.75. The molecule has 0 bridgehead atoms. The first kappa shape index (κ1) is 16.8. The normalized spacial score (nSPS) is 10.7. The predicted octanol–water partition coefficient (Wildman–Crippen LogP) is 4.15. The summed E-state index contributed by atoms with van der Waals surface area (Å²) >= 11 is 0. The lowest BCUT2D eigenvalue weighted by atomic mass is 10.1. The van der Waals surface area contributed by atoms with Gasteiger partial charge in [0.15, 0.2) is 6.61 Å². The van der Waals surface area contributed by atoms with Gasteiger partial charge in [0.1, 0.15) is 5.58 Å². The number of furan rings is 1. The molecule has 1 amide bonds. The first-order valence-electron chi connectivity index (χ1n) is 7.98. The van der Waals surface area contributed by atoms with Crippen LogP contribution in [0.4, 0.5) is 5.69 Å². The van der Waals surface area contributed by atoms with Crippen molar-refractivity contribution in [2.45, 2.75) is 20.8 Å². The summed E-state index contributed by atoms with van der Waals surface area (Å²) in [5, 5.41) is 3.64. The highest BCUT2D eigenvalue weighted by molar-refractivity contribution is 5.98. The Balaban J connectivity index is 1.67. The largest absolute Gasteiger partial charge is 0.450 e. The fraction of sp³-hybridized carbons (Fsp3) is 0.200. The maximum absolute atomic E-state index is 12.2. The van der Waals surface area contributed by atoms with E-state index in [1.807, 2.05) is 50.2 Å². The highest BCUT2D eigenvalue weighted by atomic mass is 16.5. The van der Waals surface area contributed by atoms with E-state index in [4.69, 9.17) is 9.15 Å². The number of fused-ring (bicyclic) bond motifs is 1. The van der Waals surface area contributed by atoms with Crippen molar-refractivity contribution in [3.63, 3.8) is 0 Å². The lowest BCUT2D eigenvalue weighted by Crippen LogP contribution is -2.22. The third-order valence-electron chi connectivity index (χ3n) is 4.11. The SMILES string of the molecule is Cc1cccc(C)c1NC(=O)COC(=O)c1oc2ccccc2c1C. The number of hydrogen-bond donors (Lipinski definition) is 1. The summed E-state index contributed by atoms with van der Waals surface area (Å²) < 4.78 is 10.7. The van der Waals surface area contributed by atoms with Gasteiger partial charge in [0.25, 0.3) is 5.91 Å². The molecule has 0 saturated carbocycles. The van der Waals surface area contributed by atoms with Crippen molar-refractivity contribution in [2.24, 2.45) is 0 Å². The molecule has 0 radical (unpaired) electrons. The Morgan fingerprint density at radius 3 is 2.36 bits per heavy atom. The molecule has 0 fully saturated rings. The molecule has 0 unspecified atom stereocenters. The van der Waals surface area contributed by atoms with Crippen molar-refractivity contribution in [3.8, 4) is 0 Å². The maximum atomic E-state index is 12.2. The number of nitrogens with one attached hydrogen (secondary N) is 1. The number of carbonyl (C=O) groups is 2. The van der Waals surface area contributed by atoms with E-state index in [1.54, 1.807) is 13.0 Å². The second-order valence-electron chi connectivity index (χ2n) is 5.94. The number of aryl methyl sites for hydroxylation is 3. The standard InChI is InChI=1S/C20H19NO4/c1-12-7-6-8-13(2)18(12)21-17(22)11-24-20(23)19-14(3)15-9-4-5-10-16(15)25-19/h4-10H,11H2,1-3H3,(H,21,22). The first-order valence-corrected chi connectivity index (χ1v) is 7.98. The Bertz CT molecular complexity index is 935. The molecule has 5 heteroatoms. The average Bonchev–Trinajstić information content (AvgIpc) is 2.93. The molecule has 3 aromatic rings. The molecule has 128 valence electrons. The molecule has 0 aliphatic rings. The van der Waals surface area contributed by atoms with Crippen molar-refractivity contribution in [2.75, 3.05) is 11.9 Å². The molecule has 1 aromatic heterocycles. The molecule has 0 atom stereocenters. The quantitative estimate of drug-likeness (QED) is 0.726. The number of ether oxygens (including phenoxy) is 1. The predicted molar refractivity (Wildman–Crippen MR) is 95.8 cm³/mol. The zero-order valence-electron chi connectivity index (χ0n) is 14.4. The fourth-order valence-electron chi connectivity index (χ4n) is 2.75. The number of para-hydroxylation sites is 2. The molecule has 0 spiro atoms. The highest BCUT2D eigenvalue weighted by Crippen LogP contribution is 2.25. The number of carbonyl (C=O) groups excluding carboxylic acids is 2. The molecule has 0 aliphatic carbocycles. The van der Waals surface area contributed by atoms with E-state index in [9.17, 15) is 9.59 Å². The molecule has 0 aliphatic heterocycles. The topological polar surface area (TPSA) is 68.5 Å². The Kier molecular flexibility index (Phi) is 4.57. The van der Waals surface area contributed by atoms with Crippen LogP contribution >= 0.6 is 0 Å². The van der Waals surface area contributed by atoms with E-state index in [0.717, 1.165) is 22.2 Å². The summed E-state index contributed by atoms with van der Waals surface area (Å²) in [6, 6.07) is 13.1. The van der Waals surface area contributed by atoms with Crippen LogP contribution in [0.2, 0.25) is 0 Å². The molecular weight excluding hydrogens is 318 g/mol. The van der Waals surface area contributed by atoms with Gasteiger partial charge in [-0.1, -0.05) is 36.4 Å². The minimum Gasteiger partial charge on any atom is -0.450 e. The molecule has 5 nitrogen and oxygen atoms in total. The summed E-state index contributed by atoms with van der Waals surface area (Å²) in [6.45, 7) is 5.24. The highest BCUT2D eigenvalue weighted by Gasteiger charge is 2.20. The maximum Gasteiger partial charge on any atom is 0.375 e. The summed E-state index contributed by atoms with van der Waals surface area (Å²) in [6.07, 6.45) is 0. The molecule has 1 heterocycles. The molecule has 0 saturated heterocycles. The summed E-state index contributed by atoms with van der Waals surface area (Å²) in [5.74, 6) is -0.911. The van der Waals surface area contributed by atoms with Crippen LogP contribution in [0.3, 0.4) is 0 Å². The van der Waals surface area contributed by atoms with Gasteiger partial charge in [0, 0.05) is 16.6 Å². The monoisotopic (exact) mass is 337 g/mol. The van der Waals surface area contributed by atoms with Gasteiger partial charge < -0.3 is 14.5 Å². The van der Waals surface area contributed by atoms with Gasteiger partial charge in [-0.05, 0) is 38.0 Å². The molecule has 25 heavy (non-hydrogen) atoms. The summed E-state index contributed by atoms with van der Waals surface area (Å²) in [7, 11) is 0. The molecule has 2 aromatic carbocycles. The van der Waals surface area contributed by atoms with Crippen molar-refractivity contribution in [1.82, 2.24) is 0 Å². The second kappa shape index (κ2) is 6.81. The molecule has 3 rings (SSSR count). The van der Waals surface area contributed by atoms with Gasteiger partial charge in [-0.15, -0.1) is 0 Å². The summed E-state index contributed by atoms with van der Waals surface area (Å²) in [4.78, 5) is 24.3. The Labute approximate surface area is 145 Å². The van der Waals surface area contributed by atoms with Gasteiger partial charge in [0.05, 0.1) is 0 Å². The smallest absolute Gasteiger partial charge is 0.375 e. The third-order valence-corrected chi connectivity index (χ3v) is 4.11. The van der Waals surface area contributed by atoms with Crippen molar-refractivity contribution >= 4 is 28.5 Å². The van der Waals surface area contributed by atoms with Crippen molar-refractivity contribution in [1.29, 1.82) is 0 Å². The molecular formula is C20H19NO4. The summed E-state index contributed by atoms with van der Waals surface area (Å²) in [5.41, 5.74) is 3.96. The number of rotatable bonds is 4. The van der Waals surface area contributed by atoms with E-state index >= 15 is 0 Å². The number of hydrogen-bond acceptors (Lipinski definition) is 4.